The number of nitrogens with one attached hydrogen (secondary N) is 4. The smallest absolute Gasteiger partial charge is 0.416 e. The third-order valence-electron chi connectivity index (χ3n) is 23.4. The predicted molar refractivity (Wildman–Crippen MR) is 478 cm³/mol. The lowest BCUT2D eigenvalue weighted by molar-refractivity contribution is -0.137. The summed E-state index contributed by atoms with van der Waals surface area (Å²) < 4.78 is 105. The van der Waals surface area contributed by atoms with Gasteiger partial charge in [-0.05, 0) is 192 Å². The number of nitrogens with zero attached hydrogens (tertiary/aromatic N) is 8. The SMILES string of the molecule is CC(F)(F)c1cccc(NC(=O)N(Cc2ccccc2)C2CCN(Cc3ccc4c(c3)OCO4)CC2)c1.CCCC(C)N1CCC(N(Cc2ccccc2)C(=O)Nc2cc(F)ccc2Cl)CC1.CCCC(C)N1CCC(N(Cc2ccccc2)C(=O)Nc2cccc(F)c2Cl)CC1.CCCN1CCC(N(CCC)C(=O)Nc2cccc(C(F)(F)F)c2)CC1. The summed E-state index contributed by atoms with van der Waals surface area (Å²) in [6, 6.07) is 55.4. The second-order valence-electron chi connectivity index (χ2n) is 32.6. The molecule has 4 N–H and O–H groups in total. The zero-order valence-electron chi connectivity index (χ0n) is 71.9. The second kappa shape index (κ2) is 47.5. The third kappa shape index (κ3) is 29.2. The van der Waals surface area contributed by atoms with Gasteiger partial charge in [0.05, 0.1) is 27.0 Å². The first kappa shape index (κ1) is 95.6. The van der Waals surface area contributed by atoms with Crippen LogP contribution in [0.25, 0.3) is 0 Å². The Morgan fingerprint density at radius 3 is 1.34 bits per heavy atom. The van der Waals surface area contributed by atoms with Gasteiger partial charge in [0.15, 0.2) is 11.5 Å². The van der Waals surface area contributed by atoms with Crippen LogP contribution in [0.1, 0.15) is 172 Å². The molecule has 664 valence electrons. The number of hydrogen-bond acceptors (Lipinski definition) is 10. The van der Waals surface area contributed by atoms with Gasteiger partial charge >= 0.3 is 30.3 Å². The molecule has 4 fully saturated rings. The van der Waals surface area contributed by atoms with E-state index < -0.39 is 29.3 Å². The van der Waals surface area contributed by atoms with Crippen LogP contribution >= 0.6 is 23.2 Å². The van der Waals surface area contributed by atoms with Gasteiger partial charge in [-0.15, -0.1) is 0 Å². The highest BCUT2D eigenvalue weighted by atomic mass is 35.5. The fourth-order valence-electron chi connectivity index (χ4n) is 16.7. The highest BCUT2D eigenvalue weighted by Crippen LogP contribution is 2.37. The summed E-state index contributed by atoms with van der Waals surface area (Å²) in [5.74, 6) is -2.39. The van der Waals surface area contributed by atoms with Crippen LogP contribution in [0.15, 0.2) is 194 Å². The van der Waals surface area contributed by atoms with E-state index in [-0.39, 0.29) is 71.4 Å². The summed E-state index contributed by atoms with van der Waals surface area (Å²) in [5, 5.41) is 11.4. The van der Waals surface area contributed by atoms with Crippen molar-refractivity contribution in [2.75, 3.05) is 93.5 Å². The number of alkyl halides is 5. The van der Waals surface area contributed by atoms with Crippen LogP contribution in [0.5, 0.6) is 11.5 Å². The first-order valence-corrected chi connectivity index (χ1v) is 44.2. The molecule has 0 aromatic heterocycles. The number of rotatable bonds is 27. The molecular formula is C96H121Cl2F7N12O6. The van der Waals surface area contributed by atoms with E-state index in [1.54, 1.807) is 29.2 Å². The van der Waals surface area contributed by atoms with E-state index >= 15 is 0 Å². The minimum Gasteiger partial charge on any atom is -0.454 e. The van der Waals surface area contributed by atoms with E-state index in [1.165, 1.54) is 74.2 Å². The van der Waals surface area contributed by atoms with E-state index in [0.717, 1.165) is 182 Å². The summed E-state index contributed by atoms with van der Waals surface area (Å²) in [6.07, 6.45) is 9.36. The number of anilines is 4. The molecule has 27 heteroatoms. The van der Waals surface area contributed by atoms with Crippen LogP contribution in [-0.4, -0.2) is 172 Å². The predicted octanol–water partition coefficient (Wildman–Crippen LogP) is 23.4. The molecule has 0 bridgehead atoms. The van der Waals surface area contributed by atoms with Gasteiger partial charge in [0.2, 0.25) is 6.79 Å². The minimum atomic E-state index is -4.42. The van der Waals surface area contributed by atoms with Gasteiger partial charge in [0.25, 0.3) is 5.92 Å². The Hall–Kier alpha value is -9.63. The summed E-state index contributed by atoms with van der Waals surface area (Å²) in [7, 11) is 0. The van der Waals surface area contributed by atoms with Gasteiger partial charge in [-0.1, -0.05) is 185 Å². The van der Waals surface area contributed by atoms with Crippen LogP contribution in [0.2, 0.25) is 10.0 Å². The number of hydrogen-bond donors (Lipinski definition) is 4. The van der Waals surface area contributed by atoms with Crippen LogP contribution in [0.4, 0.5) is 72.7 Å². The Balaban J connectivity index is 0.000000173. The van der Waals surface area contributed by atoms with Crippen molar-refractivity contribution in [2.24, 2.45) is 0 Å². The number of amides is 8. The molecule has 0 radical (unpaired) electrons. The van der Waals surface area contributed by atoms with Gasteiger partial charge < -0.3 is 65.0 Å². The molecule has 123 heavy (non-hydrogen) atoms. The fraction of sp³-hybridized carbons (Fsp3) is 0.458. The zero-order chi connectivity index (χ0) is 88.0. The lowest BCUT2D eigenvalue weighted by Crippen LogP contribution is -2.50. The van der Waals surface area contributed by atoms with E-state index in [9.17, 15) is 49.9 Å². The van der Waals surface area contributed by atoms with Crippen molar-refractivity contribution >= 4 is 70.1 Å². The molecule has 8 aromatic carbocycles. The van der Waals surface area contributed by atoms with E-state index in [2.05, 4.69) is 81.6 Å². The number of fused-ring (bicyclic) bond motifs is 1. The molecule has 0 aliphatic carbocycles. The molecule has 5 aliphatic heterocycles. The number of carbonyl (C=O) groups excluding carboxylic acids is 4. The first-order chi connectivity index (χ1) is 59.2. The number of likely N-dealkylation sites (tertiary alicyclic amines) is 4. The molecule has 4 saturated heterocycles. The van der Waals surface area contributed by atoms with Crippen LogP contribution < -0.4 is 30.7 Å². The molecule has 0 saturated carbocycles. The molecule has 13 rings (SSSR count). The Bertz CT molecular complexity index is 4500. The van der Waals surface area contributed by atoms with Crippen LogP contribution in [0, 0.1) is 11.6 Å². The molecule has 2 unspecified atom stereocenters. The number of piperidine rings is 4. The van der Waals surface area contributed by atoms with Crippen molar-refractivity contribution in [3.05, 3.63) is 249 Å². The highest BCUT2D eigenvalue weighted by Gasteiger charge is 2.36. The molecule has 18 nitrogen and oxygen atoms in total. The molecule has 2 atom stereocenters. The maximum atomic E-state index is 13.8. The van der Waals surface area contributed by atoms with Crippen molar-refractivity contribution in [2.45, 2.75) is 213 Å². The average Bonchev–Trinajstić information content (AvgIpc) is 1.83. The highest BCUT2D eigenvalue weighted by molar-refractivity contribution is 6.34. The van der Waals surface area contributed by atoms with E-state index in [4.69, 9.17) is 32.7 Å². The molecule has 5 aliphatic rings. The van der Waals surface area contributed by atoms with E-state index in [0.29, 0.717) is 60.3 Å². The molecule has 8 aromatic rings. The number of carbonyl (C=O) groups is 4. The molecule has 0 spiro atoms. The van der Waals surface area contributed by atoms with Gasteiger partial charge in [0.1, 0.15) is 11.6 Å². The lowest BCUT2D eigenvalue weighted by Gasteiger charge is -2.40. The molecular weight excluding hydrogens is 1620 g/mol. The van der Waals surface area contributed by atoms with Crippen molar-refractivity contribution in [1.29, 1.82) is 0 Å². The van der Waals surface area contributed by atoms with Crippen molar-refractivity contribution in [1.82, 2.24) is 39.2 Å². The van der Waals surface area contributed by atoms with Crippen molar-refractivity contribution < 1.29 is 59.4 Å². The largest absolute Gasteiger partial charge is 0.454 e. The number of ether oxygens (including phenoxy) is 2. The Morgan fingerprint density at radius 2 is 0.870 bits per heavy atom. The average molecular weight is 1740 g/mol. The molecule has 5 heterocycles. The van der Waals surface area contributed by atoms with Gasteiger partial charge in [-0.2, -0.15) is 13.2 Å². The van der Waals surface area contributed by atoms with Crippen molar-refractivity contribution in [3.8, 4) is 11.5 Å². The second-order valence-corrected chi connectivity index (χ2v) is 33.4. The summed E-state index contributed by atoms with van der Waals surface area (Å²) in [5.41, 5.74) is 4.57. The van der Waals surface area contributed by atoms with Crippen LogP contribution in [0.3, 0.4) is 0 Å². The summed E-state index contributed by atoms with van der Waals surface area (Å²) >= 11 is 12.2. The Morgan fingerprint density at radius 1 is 0.439 bits per heavy atom. The number of halogens is 9. The van der Waals surface area contributed by atoms with Crippen molar-refractivity contribution in [3.63, 3.8) is 0 Å². The standard InChI is InChI=1S/C29H31F2N3O3.2C24H31ClFN3O.C19H28F3N3O/c1-29(30,31)23-8-5-9-24(17-23)32-28(35)34(19-21-6-3-2-4-7-21)25-12-14-33(15-13-25)18-22-10-11-26-27(16-22)37-20-36-26;1-3-8-18(2)28-15-13-20(14-16-28)29(17-19-9-5-4-6-10-19)24(30)27-22-12-7-11-21(26)23(22)25;1-3-7-18(2)28-14-12-21(13-15-28)29(17-19-8-5-4-6-9-19)24(30)27-23-16-20(26)10-11-22(23)25;1-3-10-24-12-8-17(9-13-24)25(11-4-2)18(26)23-16-7-5-6-15(14-16)19(20,21)22/h2-11,16-17,25H,12-15,18-20H2,1H3,(H,32,35);4-7,9-12,18,20H,3,8,13-17H2,1-2H3,(H,27,30);4-6,8-11,16,18,21H,3,7,12-15,17H2,1-2H3,(H,27,30);5-7,14,17H,3-4,8-13H2,1-2H3,(H,23,26). The summed E-state index contributed by atoms with van der Waals surface area (Å²) in [6.45, 7) is 25.7. The van der Waals surface area contributed by atoms with Gasteiger partial charge in [-0.3, -0.25) is 4.90 Å². The lowest BCUT2D eigenvalue weighted by atomic mass is 10.00. The first-order valence-electron chi connectivity index (χ1n) is 43.4. The van der Waals surface area contributed by atoms with Gasteiger partial charge in [0, 0.05) is 145 Å². The maximum Gasteiger partial charge on any atom is 0.416 e. The summed E-state index contributed by atoms with van der Waals surface area (Å²) in [4.78, 5) is 69.7. The fourth-order valence-corrected chi connectivity index (χ4v) is 17.0. The number of benzene rings is 8. The van der Waals surface area contributed by atoms with Gasteiger partial charge in [-0.25, -0.2) is 36.7 Å². The third-order valence-corrected chi connectivity index (χ3v) is 24.2. The Kier molecular flexibility index (Phi) is 36.9. The quantitative estimate of drug-likeness (QED) is 0.0365. The van der Waals surface area contributed by atoms with Crippen LogP contribution in [-0.2, 0) is 38.3 Å². The minimum absolute atomic E-state index is 0.0315. The monoisotopic (exact) mass is 1740 g/mol. The Labute approximate surface area is 731 Å². The topological polar surface area (TPSA) is 161 Å². The van der Waals surface area contributed by atoms with E-state index in [1.807, 2.05) is 125 Å². The normalized spacial score (nSPS) is 16.2. The zero-order valence-corrected chi connectivity index (χ0v) is 73.4. The maximum absolute atomic E-state index is 13.8. The number of urea groups is 4. The molecule has 8 amide bonds.